The first-order valence-corrected chi connectivity index (χ1v) is 10.9. The number of aliphatic carboxylic acids is 1. The van der Waals surface area contributed by atoms with E-state index in [1.165, 1.54) is 11.3 Å². The molecule has 2 aromatic rings. The van der Waals surface area contributed by atoms with Crippen molar-refractivity contribution in [3.63, 3.8) is 0 Å². The lowest BCUT2D eigenvalue weighted by Crippen LogP contribution is -2.51. The van der Waals surface area contributed by atoms with Gasteiger partial charge in [-0.15, -0.1) is 11.3 Å². The van der Waals surface area contributed by atoms with E-state index in [1.807, 2.05) is 11.0 Å². The van der Waals surface area contributed by atoms with Gasteiger partial charge in [-0.3, -0.25) is 4.90 Å². The predicted octanol–water partition coefficient (Wildman–Crippen LogP) is 4.35. The minimum absolute atomic E-state index is 0.301. The van der Waals surface area contributed by atoms with E-state index in [1.54, 1.807) is 36.1 Å². The molecule has 2 aliphatic rings. The second kappa shape index (κ2) is 7.97. The van der Waals surface area contributed by atoms with E-state index >= 15 is 0 Å². The van der Waals surface area contributed by atoms with Crippen molar-refractivity contribution in [2.45, 2.75) is 38.3 Å². The molecule has 2 aliphatic heterocycles. The highest BCUT2D eigenvalue weighted by atomic mass is 35.5. The molecule has 4 rings (SSSR count). The van der Waals surface area contributed by atoms with Gasteiger partial charge in [0.2, 0.25) is 0 Å². The topological polar surface area (TPSA) is 70.1 Å². The highest BCUT2D eigenvalue weighted by Crippen LogP contribution is 2.40. The molecule has 1 aromatic heterocycles. The van der Waals surface area contributed by atoms with E-state index in [-0.39, 0.29) is 6.09 Å². The van der Waals surface area contributed by atoms with E-state index in [0.717, 1.165) is 36.4 Å². The van der Waals surface area contributed by atoms with Gasteiger partial charge in [0.05, 0.1) is 0 Å². The van der Waals surface area contributed by atoms with Crippen LogP contribution in [0.1, 0.15) is 35.8 Å². The quantitative estimate of drug-likeness (QED) is 0.774. The predicted molar refractivity (Wildman–Crippen MR) is 112 cm³/mol. The summed E-state index contributed by atoms with van der Waals surface area (Å²) in [6.07, 6.45) is 2.43. The fourth-order valence-electron chi connectivity index (χ4n) is 4.06. The summed E-state index contributed by atoms with van der Waals surface area (Å²) in [5, 5.41) is 11.1. The van der Waals surface area contributed by atoms with Crippen LogP contribution >= 0.6 is 22.9 Å². The standard InChI is InChI=1S/C21H23ClN2O4S/c1-21(19(25)26,15-6-2-3-7-16(15)22)24-11-8-17-14(13-24)12-18(29-17)28-20(27)23-9-4-5-10-23/h2-3,6-7,12H,4-5,8-11,13H2,1H3,(H,25,26). The Labute approximate surface area is 178 Å². The molecule has 0 saturated carbocycles. The van der Waals surface area contributed by atoms with Gasteiger partial charge >= 0.3 is 12.1 Å². The normalized spacial score (nSPS) is 18.9. The van der Waals surface area contributed by atoms with E-state index in [0.29, 0.717) is 35.2 Å². The van der Waals surface area contributed by atoms with Gasteiger partial charge in [0.15, 0.2) is 5.06 Å². The molecule has 8 heteroatoms. The van der Waals surface area contributed by atoms with Crippen LogP contribution in [0.5, 0.6) is 5.06 Å². The molecule has 1 fully saturated rings. The molecule has 0 aliphatic carbocycles. The molecule has 154 valence electrons. The maximum atomic E-state index is 12.3. The van der Waals surface area contributed by atoms with E-state index in [2.05, 4.69) is 0 Å². The van der Waals surface area contributed by atoms with Gasteiger partial charge in [-0.2, -0.15) is 0 Å². The zero-order valence-electron chi connectivity index (χ0n) is 16.2. The third-order valence-corrected chi connectivity index (χ3v) is 7.29. The molecule has 1 saturated heterocycles. The summed E-state index contributed by atoms with van der Waals surface area (Å²) in [6, 6.07) is 8.95. The Morgan fingerprint density at radius 3 is 2.62 bits per heavy atom. The summed E-state index contributed by atoms with van der Waals surface area (Å²) in [7, 11) is 0. The van der Waals surface area contributed by atoms with Crippen LogP contribution in [0.3, 0.4) is 0 Å². The zero-order chi connectivity index (χ0) is 20.6. The van der Waals surface area contributed by atoms with E-state index in [9.17, 15) is 14.7 Å². The van der Waals surface area contributed by atoms with Crippen LogP contribution in [-0.2, 0) is 23.3 Å². The van der Waals surface area contributed by atoms with Crippen LogP contribution in [0.15, 0.2) is 30.3 Å². The molecule has 1 atom stereocenters. The van der Waals surface area contributed by atoms with Crippen molar-refractivity contribution >= 4 is 35.0 Å². The van der Waals surface area contributed by atoms with Gasteiger partial charge < -0.3 is 14.7 Å². The Hall–Kier alpha value is -2.09. The Balaban J connectivity index is 1.56. The summed E-state index contributed by atoms with van der Waals surface area (Å²) in [5.74, 6) is -0.940. The van der Waals surface area contributed by atoms with Gasteiger partial charge in [0.25, 0.3) is 0 Å². The lowest BCUT2D eigenvalue weighted by atomic mass is 9.88. The molecule has 1 N–H and O–H groups in total. The van der Waals surface area contributed by atoms with Crippen LogP contribution in [0.2, 0.25) is 5.02 Å². The average Bonchev–Trinajstić information content (AvgIpc) is 3.36. The van der Waals surface area contributed by atoms with Crippen LogP contribution < -0.4 is 4.74 Å². The Bertz CT molecular complexity index is 941. The second-order valence-electron chi connectivity index (χ2n) is 7.60. The Morgan fingerprint density at radius 1 is 1.21 bits per heavy atom. The van der Waals surface area contributed by atoms with Crippen molar-refractivity contribution in [2.24, 2.45) is 0 Å². The number of amides is 1. The number of hydrogen-bond donors (Lipinski definition) is 1. The number of rotatable bonds is 4. The van der Waals surface area contributed by atoms with Gasteiger partial charge in [0.1, 0.15) is 5.54 Å². The molecule has 1 amide bonds. The molecule has 0 bridgehead atoms. The maximum Gasteiger partial charge on any atom is 0.416 e. The zero-order valence-corrected chi connectivity index (χ0v) is 17.8. The summed E-state index contributed by atoms with van der Waals surface area (Å²) >= 11 is 7.82. The molecule has 29 heavy (non-hydrogen) atoms. The summed E-state index contributed by atoms with van der Waals surface area (Å²) < 4.78 is 5.57. The van der Waals surface area contributed by atoms with Crippen molar-refractivity contribution in [2.75, 3.05) is 19.6 Å². The maximum absolute atomic E-state index is 12.3. The number of benzene rings is 1. The SMILES string of the molecule is CC(C(=O)O)(c1ccccc1Cl)N1CCc2sc(OC(=O)N3CCCC3)cc2C1. The number of carboxylic acids is 1. The van der Waals surface area contributed by atoms with E-state index < -0.39 is 11.5 Å². The van der Waals surface area contributed by atoms with Crippen LogP contribution in [0, 0.1) is 0 Å². The van der Waals surface area contributed by atoms with Gasteiger partial charge in [0, 0.05) is 41.6 Å². The lowest BCUT2D eigenvalue weighted by Gasteiger charge is -2.40. The number of halogens is 1. The number of thiophene rings is 1. The summed E-state index contributed by atoms with van der Waals surface area (Å²) in [5.41, 5.74) is 0.336. The monoisotopic (exact) mass is 434 g/mol. The lowest BCUT2D eigenvalue weighted by molar-refractivity contribution is -0.152. The number of carbonyl (C=O) groups is 2. The Kier molecular flexibility index (Phi) is 5.55. The number of hydrogen-bond acceptors (Lipinski definition) is 5. The first kappa shape index (κ1) is 20.2. The smallest absolute Gasteiger partial charge is 0.416 e. The molecular weight excluding hydrogens is 412 g/mol. The molecule has 1 aromatic carbocycles. The molecule has 0 spiro atoms. The number of likely N-dealkylation sites (tertiary alicyclic amines) is 1. The molecule has 1 unspecified atom stereocenters. The highest BCUT2D eigenvalue weighted by Gasteiger charge is 2.44. The first-order chi connectivity index (χ1) is 13.9. The van der Waals surface area contributed by atoms with Crippen molar-refractivity contribution in [3.8, 4) is 5.06 Å². The van der Waals surface area contributed by atoms with Gasteiger partial charge in [-0.05, 0) is 43.9 Å². The number of carbonyl (C=O) groups excluding carboxylic acids is 1. The molecular formula is C21H23ClN2O4S. The third-order valence-electron chi connectivity index (χ3n) is 5.84. The van der Waals surface area contributed by atoms with Gasteiger partial charge in [-0.1, -0.05) is 29.8 Å². The molecule has 6 nitrogen and oxygen atoms in total. The van der Waals surface area contributed by atoms with Gasteiger partial charge in [-0.25, -0.2) is 9.59 Å². The van der Waals surface area contributed by atoms with E-state index in [4.69, 9.17) is 16.3 Å². The Morgan fingerprint density at radius 2 is 1.93 bits per heavy atom. The van der Waals surface area contributed by atoms with Crippen LogP contribution in [-0.4, -0.2) is 46.6 Å². The average molecular weight is 435 g/mol. The minimum Gasteiger partial charge on any atom is -0.480 e. The fraction of sp³-hybridized carbons (Fsp3) is 0.429. The third kappa shape index (κ3) is 3.74. The van der Waals surface area contributed by atoms with Crippen molar-refractivity contribution in [1.82, 2.24) is 9.80 Å². The highest BCUT2D eigenvalue weighted by molar-refractivity contribution is 7.14. The van der Waals surface area contributed by atoms with Crippen molar-refractivity contribution < 1.29 is 19.4 Å². The largest absolute Gasteiger partial charge is 0.480 e. The van der Waals surface area contributed by atoms with Crippen LogP contribution in [0.25, 0.3) is 0 Å². The molecule has 0 radical (unpaired) electrons. The number of nitrogens with zero attached hydrogens (tertiary/aromatic N) is 2. The number of carboxylic acid groups (broad SMARTS) is 1. The number of ether oxygens (including phenoxy) is 1. The van der Waals surface area contributed by atoms with Crippen molar-refractivity contribution in [3.05, 3.63) is 51.4 Å². The second-order valence-corrected chi connectivity index (χ2v) is 9.11. The summed E-state index contributed by atoms with van der Waals surface area (Å²) in [6.45, 7) is 4.23. The summed E-state index contributed by atoms with van der Waals surface area (Å²) in [4.78, 5) is 29.4. The molecule has 3 heterocycles. The first-order valence-electron chi connectivity index (χ1n) is 9.71. The van der Waals surface area contributed by atoms with Crippen LogP contribution in [0.4, 0.5) is 4.79 Å². The fourth-order valence-corrected chi connectivity index (χ4v) is 5.39. The number of fused-ring (bicyclic) bond motifs is 1. The minimum atomic E-state index is -1.25. The van der Waals surface area contributed by atoms with Crippen molar-refractivity contribution in [1.29, 1.82) is 0 Å².